The Kier molecular flexibility index (Phi) is 5.41. The number of aromatic nitrogens is 2. The lowest BCUT2D eigenvalue weighted by molar-refractivity contribution is -0.133. The molecule has 8 nitrogen and oxygen atoms in total. The SMILES string of the molecule is CCNC(=O)CN1CCN(C(=O)Cn2c(=O)n(C)c3ccccc32)CC1. The van der Waals surface area contributed by atoms with Gasteiger partial charge in [0, 0.05) is 39.8 Å². The van der Waals surface area contributed by atoms with Crippen LogP contribution in [0, 0.1) is 0 Å². The van der Waals surface area contributed by atoms with E-state index in [1.807, 2.05) is 36.1 Å². The lowest BCUT2D eigenvalue weighted by atomic mass is 10.3. The molecule has 2 amide bonds. The first-order valence-corrected chi connectivity index (χ1v) is 8.92. The molecule has 1 aromatic carbocycles. The van der Waals surface area contributed by atoms with Gasteiger partial charge in [-0.3, -0.25) is 23.6 Å². The summed E-state index contributed by atoms with van der Waals surface area (Å²) in [5.41, 5.74) is 1.40. The van der Waals surface area contributed by atoms with Crippen molar-refractivity contribution in [1.82, 2.24) is 24.3 Å². The molecular weight excluding hydrogens is 334 g/mol. The van der Waals surface area contributed by atoms with Gasteiger partial charge in [0.25, 0.3) is 0 Å². The Labute approximate surface area is 152 Å². The molecule has 0 atom stereocenters. The summed E-state index contributed by atoms with van der Waals surface area (Å²) in [5.74, 6) is -0.0595. The molecular formula is C18H25N5O3. The molecule has 1 aliphatic heterocycles. The molecule has 0 aliphatic carbocycles. The van der Waals surface area contributed by atoms with Gasteiger partial charge in [-0.25, -0.2) is 4.79 Å². The van der Waals surface area contributed by atoms with E-state index in [0.29, 0.717) is 39.3 Å². The number of amides is 2. The van der Waals surface area contributed by atoms with Crippen molar-refractivity contribution in [3.05, 3.63) is 34.7 Å². The number of benzene rings is 1. The maximum Gasteiger partial charge on any atom is 0.329 e. The average Bonchev–Trinajstić information content (AvgIpc) is 2.88. The number of carbonyl (C=O) groups is 2. The molecule has 2 aromatic rings. The van der Waals surface area contributed by atoms with Gasteiger partial charge < -0.3 is 10.2 Å². The van der Waals surface area contributed by atoms with Crippen LogP contribution in [0.2, 0.25) is 0 Å². The Balaban J connectivity index is 1.63. The number of carbonyl (C=O) groups excluding carboxylic acids is 2. The normalized spacial score (nSPS) is 15.4. The quantitative estimate of drug-likeness (QED) is 0.789. The predicted octanol–water partition coefficient (Wildman–Crippen LogP) is -0.380. The molecule has 0 saturated carbocycles. The summed E-state index contributed by atoms with van der Waals surface area (Å²) >= 11 is 0. The second-order valence-electron chi connectivity index (χ2n) is 6.53. The summed E-state index contributed by atoms with van der Waals surface area (Å²) in [7, 11) is 1.71. The van der Waals surface area contributed by atoms with Gasteiger partial charge in [0.2, 0.25) is 11.8 Å². The van der Waals surface area contributed by atoms with Crippen molar-refractivity contribution >= 4 is 22.8 Å². The molecule has 0 radical (unpaired) electrons. The molecule has 1 saturated heterocycles. The molecule has 0 unspecified atom stereocenters. The van der Waals surface area contributed by atoms with Gasteiger partial charge in [-0.15, -0.1) is 0 Å². The van der Waals surface area contributed by atoms with Crippen LogP contribution in [0.3, 0.4) is 0 Å². The van der Waals surface area contributed by atoms with Crippen molar-refractivity contribution in [3.8, 4) is 0 Å². The van der Waals surface area contributed by atoms with Gasteiger partial charge in [0.1, 0.15) is 6.54 Å². The monoisotopic (exact) mass is 359 g/mol. The number of hydrogen-bond acceptors (Lipinski definition) is 4. The van der Waals surface area contributed by atoms with E-state index in [4.69, 9.17) is 0 Å². The second kappa shape index (κ2) is 7.74. The van der Waals surface area contributed by atoms with Crippen LogP contribution in [-0.4, -0.2) is 70.0 Å². The smallest absolute Gasteiger partial charge is 0.329 e. The van der Waals surface area contributed by atoms with Crippen LogP contribution in [0.5, 0.6) is 0 Å². The van der Waals surface area contributed by atoms with E-state index in [1.165, 1.54) is 4.57 Å². The summed E-state index contributed by atoms with van der Waals surface area (Å²) in [4.78, 5) is 40.6. The Hall–Kier alpha value is -2.61. The van der Waals surface area contributed by atoms with E-state index in [-0.39, 0.29) is 24.0 Å². The lowest BCUT2D eigenvalue weighted by Crippen LogP contribution is -2.52. The van der Waals surface area contributed by atoms with Crippen molar-refractivity contribution in [2.75, 3.05) is 39.3 Å². The van der Waals surface area contributed by atoms with Gasteiger partial charge in [0.05, 0.1) is 17.6 Å². The molecule has 1 N–H and O–H groups in total. The minimum Gasteiger partial charge on any atom is -0.355 e. The molecule has 26 heavy (non-hydrogen) atoms. The average molecular weight is 359 g/mol. The number of aryl methyl sites for hydroxylation is 1. The fourth-order valence-corrected chi connectivity index (χ4v) is 3.36. The van der Waals surface area contributed by atoms with Crippen LogP contribution in [0.25, 0.3) is 11.0 Å². The number of nitrogens with one attached hydrogen (secondary N) is 1. The standard InChI is InChI=1S/C18H25N5O3/c1-3-19-16(24)12-21-8-10-22(11-9-21)17(25)13-23-15-7-5-4-6-14(15)20(2)18(23)26/h4-7H,3,8-13H2,1-2H3,(H,19,24). The number of hydrogen-bond donors (Lipinski definition) is 1. The highest BCUT2D eigenvalue weighted by molar-refractivity contribution is 5.81. The first-order valence-electron chi connectivity index (χ1n) is 8.92. The molecule has 3 rings (SSSR count). The highest BCUT2D eigenvalue weighted by atomic mass is 16.2. The number of rotatable bonds is 5. The van der Waals surface area contributed by atoms with E-state index in [0.717, 1.165) is 11.0 Å². The fourth-order valence-electron chi connectivity index (χ4n) is 3.36. The van der Waals surface area contributed by atoms with Crippen LogP contribution >= 0.6 is 0 Å². The van der Waals surface area contributed by atoms with Gasteiger partial charge in [-0.2, -0.15) is 0 Å². The lowest BCUT2D eigenvalue weighted by Gasteiger charge is -2.34. The van der Waals surface area contributed by atoms with Crippen molar-refractivity contribution in [1.29, 1.82) is 0 Å². The van der Waals surface area contributed by atoms with Crippen LogP contribution in [-0.2, 0) is 23.2 Å². The van der Waals surface area contributed by atoms with Crippen LogP contribution < -0.4 is 11.0 Å². The minimum absolute atomic E-state index is 0.00887. The molecule has 2 heterocycles. The van der Waals surface area contributed by atoms with E-state index in [2.05, 4.69) is 5.32 Å². The van der Waals surface area contributed by atoms with E-state index in [9.17, 15) is 14.4 Å². The first kappa shape index (κ1) is 18.2. The highest BCUT2D eigenvalue weighted by Gasteiger charge is 2.23. The largest absolute Gasteiger partial charge is 0.355 e. The Morgan fingerprint density at radius 1 is 1.04 bits per heavy atom. The number of fused-ring (bicyclic) bond motifs is 1. The predicted molar refractivity (Wildman–Crippen MR) is 98.9 cm³/mol. The van der Waals surface area contributed by atoms with Crippen LogP contribution in [0.1, 0.15) is 6.92 Å². The van der Waals surface area contributed by atoms with Gasteiger partial charge in [0.15, 0.2) is 0 Å². The van der Waals surface area contributed by atoms with Crippen LogP contribution in [0.15, 0.2) is 29.1 Å². The molecule has 1 fully saturated rings. The molecule has 140 valence electrons. The molecule has 0 spiro atoms. The van der Waals surface area contributed by atoms with Crippen LogP contribution in [0.4, 0.5) is 0 Å². The summed E-state index contributed by atoms with van der Waals surface area (Å²) < 4.78 is 3.09. The summed E-state index contributed by atoms with van der Waals surface area (Å²) in [6, 6.07) is 7.47. The zero-order valence-electron chi connectivity index (χ0n) is 15.3. The number of imidazole rings is 1. The molecule has 1 aliphatic rings. The zero-order chi connectivity index (χ0) is 18.7. The summed E-state index contributed by atoms with van der Waals surface area (Å²) in [6.45, 7) is 5.37. The van der Waals surface area contributed by atoms with Crippen molar-refractivity contribution in [2.24, 2.45) is 7.05 Å². The van der Waals surface area contributed by atoms with Gasteiger partial charge in [-0.1, -0.05) is 12.1 Å². The number of para-hydroxylation sites is 2. The number of likely N-dealkylation sites (N-methyl/N-ethyl adjacent to an activating group) is 1. The Morgan fingerprint density at radius 2 is 1.69 bits per heavy atom. The topological polar surface area (TPSA) is 79.6 Å². The first-order chi connectivity index (χ1) is 12.5. The molecule has 0 bridgehead atoms. The van der Waals surface area contributed by atoms with E-state index in [1.54, 1.807) is 16.5 Å². The third kappa shape index (κ3) is 3.65. The van der Waals surface area contributed by atoms with E-state index >= 15 is 0 Å². The minimum atomic E-state index is -0.186. The third-order valence-corrected chi connectivity index (χ3v) is 4.81. The fraction of sp³-hybridized carbons (Fsp3) is 0.500. The van der Waals surface area contributed by atoms with Gasteiger partial charge in [-0.05, 0) is 19.1 Å². The van der Waals surface area contributed by atoms with Crippen molar-refractivity contribution < 1.29 is 9.59 Å². The number of nitrogens with zero attached hydrogens (tertiary/aromatic N) is 4. The van der Waals surface area contributed by atoms with Gasteiger partial charge >= 0.3 is 5.69 Å². The highest BCUT2D eigenvalue weighted by Crippen LogP contribution is 2.12. The van der Waals surface area contributed by atoms with Crippen molar-refractivity contribution in [3.63, 3.8) is 0 Å². The summed E-state index contributed by atoms with van der Waals surface area (Å²) in [6.07, 6.45) is 0. The van der Waals surface area contributed by atoms with E-state index < -0.39 is 0 Å². The second-order valence-corrected chi connectivity index (χ2v) is 6.53. The maximum absolute atomic E-state index is 12.7. The molecule has 8 heteroatoms. The Bertz CT molecular complexity index is 861. The van der Waals surface area contributed by atoms with Crippen molar-refractivity contribution in [2.45, 2.75) is 13.5 Å². The zero-order valence-corrected chi connectivity index (χ0v) is 15.3. The molecule has 1 aromatic heterocycles. The Morgan fingerprint density at radius 3 is 2.35 bits per heavy atom. The summed E-state index contributed by atoms with van der Waals surface area (Å²) in [5, 5.41) is 2.78. The third-order valence-electron chi connectivity index (χ3n) is 4.81. The maximum atomic E-state index is 12.7. The number of piperazine rings is 1.